The zero-order chi connectivity index (χ0) is 33.0. The molecular formula is C48H36N2. The Morgan fingerprint density at radius 2 is 1.08 bits per heavy atom. The van der Waals surface area contributed by atoms with E-state index in [1.165, 1.54) is 83.2 Å². The van der Waals surface area contributed by atoms with Crippen molar-refractivity contribution >= 4 is 44.4 Å². The quantitative estimate of drug-likeness (QED) is 0.177. The molecule has 10 rings (SSSR count). The van der Waals surface area contributed by atoms with E-state index in [2.05, 4.69) is 185 Å². The summed E-state index contributed by atoms with van der Waals surface area (Å²) >= 11 is 0. The van der Waals surface area contributed by atoms with Gasteiger partial charge in [-0.2, -0.15) is 0 Å². The molecule has 50 heavy (non-hydrogen) atoms. The monoisotopic (exact) mass is 640 g/mol. The third-order valence-electron chi connectivity index (χ3n) is 10.7. The first-order valence-electron chi connectivity index (χ1n) is 17.8. The molecule has 0 fully saturated rings. The van der Waals surface area contributed by atoms with Crippen LogP contribution in [0.4, 0.5) is 0 Å². The number of fused-ring (bicyclic) bond motifs is 6. The Morgan fingerprint density at radius 3 is 1.80 bits per heavy atom. The van der Waals surface area contributed by atoms with E-state index in [9.17, 15) is 0 Å². The maximum Gasteiger partial charge on any atom is 0.0541 e. The highest BCUT2D eigenvalue weighted by Gasteiger charge is 2.28. The van der Waals surface area contributed by atoms with E-state index in [1.807, 2.05) is 0 Å². The maximum absolute atomic E-state index is 2.52. The maximum atomic E-state index is 2.52. The minimum Gasteiger partial charge on any atom is -0.312 e. The number of benzene rings is 6. The SMILES string of the molecule is C1=CC(c2ccc3c(c2)c2cc(C4CC=Cc5c4n(-c4ccccc4)c4ccc(-c6ccccc6)cc54)ccc2n3-c2ccccc2)=CCC1. The van der Waals surface area contributed by atoms with Gasteiger partial charge in [0.1, 0.15) is 0 Å². The van der Waals surface area contributed by atoms with Crippen LogP contribution in [0.15, 0.2) is 170 Å². The lowest BCUT2D eigenvalue weighted by Gasteiger charge is -2.24. The molecule has 0 bridgehead atoms. The number of rotatable bonds is 5. The van der Waals surface area contributed by atoms with Crippen LogP contribution < -0.4 is 0 Å². The molecule has 1 unspecified atom stereocenters. The number of aromatic nitrogens is 2. The van der Waals surface area contributed by atoms with Gasteiger partial charge < -0.3 is 9.13 Å². The molecule has 0 N–H and O–H groups in total. The third kappa shape index (κ3) is 4.64. The van der Waals surface area contributed by atoms with Crippen molar-refractivity contribution in [1.82, 2.24) is 9.13 Å². The Bertz CT molecular complexity index is 2650. The van der Waals surface area contributed by atoms with Crippen LogP contribution in [0, 0.1) is 0 Å². The molecule has 2 heterocycles. The molecule has 2 aliphatic rings. The van der Waals surface area contributed by atoms with Crippen molar-refractivity contribution in [3.05, 3.63) is 192 Å². The highest BCUT2D eigenvalue weighted by Crippen LogP contribution is 2.45. The molecule has 1 atom stereocenters. The van der Waals surface area contributed by atoms with Gasteiger partial charge in [0, 0.05) is 44.7 Å². The van der Waals surface area contributed by atoms with Crippen molar-refractivity contribution in [3.63, 3.8) is 0 Å². The van der Waals surface area contributed by atoms with Crippen LogP contribution in [0.5, 0.6) is 0 Å². The van der Waals surface area contributed by atoms with Gasteiger partial charge in [-0.05, 0) is 108 Å². The molecular weight excluding hydrogens is 605 g/mol. The molecule has 238 valence electrons. The summed E-state index contributed by atoms with van der Waals surface area (Å²) in [4.78, 5) is 0. The van der Waals surface area contributed by atoms with Crippen molar-refractivity contribution in [3.8, 4) is 22.5 Å². The molecule has 2 aromatic heterocycles. The third-order valence-corrected chi connectivity index (χ3v) is 10.7. The van der Waals surface area contributed by atoms with Crippen molar-refractivity contribution in [2.75, 3.05) is 0 Å². The van der Waals surface area contributed by atoms with Crippen LogP contribution in [-0.4, -0.2) is 9.13 Å². The molecule has 2 aliphatic carbocycles. The van der Waals surface area contributed by atoms with E-state index in [-0.39, 0.29) is 5.92 Å². The highest BCUT2D eigenvalue weighted by molar-refractivity contribution is 6.10. The zero-order valence-corrected chi connectivity index (χ0v) is 27.8. The van der Waals surface area contributed by atoms with E-state index in [0.717, 1.165) is 19.3 Å². The lowest BCUT2D eigenvalue weighted by atomic mass is 9.85. The predicted molar refractivity (Wildman–Crippen MR) is 211 cm³/mol. The topological polar surface area (TPSA) is 9.86 Å². The van der Waals surface area contributed by atoms with E-state index in [1.54, 1.807) is 0 Å². The molecule has 0 saturated heterocycles. The fourth-order valence-electron chi connectivity index (χ4n) is 8.37. The molecule has 0 saturated carbocycles. The van der Waals surface area contributed by atoms with Crippen molar-refractivity contribution < 1.29 is 0 Å². The Morgan fingerprint density at radius 1 is 0.460 bits per heavy atom. The molecule has 2 nitrogen and oxygen atoms in total. The predicted octanol–water partition coefficient (Wildman–Crippen LogP) is 12.7. The van der Waals surface area contributed by atoms with E-state index >= 15 is 0 Å². The first kappa shape index (κ1) is 28.9. The first-order valence-corrected chi connectivity index (χ1v) is 17.8. The van der Waals surface area contributed by atoms with Crippen molar-refractivity contribution in [2.24, 2.45) is 0 Å². The molecule has 0 radical (unpaired) electrons. The van der Waals surface area contributed by atoms with Crippen LogP contribution in [0.1, 0.15) is 47.6 Å². The zero-order valence-electron chi connectivity index (χ0n) is 27.8. The van der Waals surface area contributed by atoms with Gasteiger partial charge in [-0.1, -0.05) is 115 Å². The number of hydrogen-bond acceptors (Lipinski definition) is 0. The minimum absolute atomic E-state index is 0.203. The standard InChI is InChI=1S/C48H36N2/c1-5-14-33(15-6-1)35-25-28-47-42(30-35)41-23-13-22-40(48(41)50(47)39-20-11-4-12-21-39)37-26-29-46-44(32-37)43-31-36(34-16-7-2-8-17-34)24-27-45(43)49(46)38-18-9-3-10-19-38/h1,3-7,9-21,23-32,40H,2,8,22H2. The fraction of sp³-hybridized carbons (Fsp3) is 0.0833. The van der Waals surface area contributed by atoms with Gasteiger partial charge in [0.15, 0.2) is 0 Å². The normalized spacial score (nSPS) is 15.5. The Balaban J connectivity index is 1.21. The number of para-hydroxylation sites is 2. The molecule has 0 spiro atoms. The Hall–Kier alpha value is -6.12. The summed E-state index contributed by atoms with van der Waals surface area (Å²) < 4.78 is 4.95. The van der Waals surface area contributed by atoms with Gasteiger partial charge in [0.25, 0.3) is 0 Å². The Kier molecular flexibility index (Phi) is 6.80. The van der Waals surface area contributed by atoms with E-state index in [0.29, 0.717) is 0 Å². The van der Waals surface area contributed by atoms with Crippen LogP contribution >= 0.6 is 0 Å². The first-order chi connectivity index (χ1) is 24.8. The van der Waals surface area contributed by atoms with Gasteiger partial charge >= 0.3 is 0 Å². The van der Waals surface area contributed by atoms with Crippen LogP contribution in [-0.2, 0) is 0 Å². The average Bonchev–Trinajstić information content (AvgIpc) is 3.71. The molecule has 6 aromatic carbocycles. The summed E-state index contributed by atoms with van der Waals surface area (Å²) in [7, 11) is 0. The summed E-state index contributed by atoms with van der Waals surface area (Å²) in [5.41, 5.74) is 15.2. The summed E-state index contributed by atoms with van der Waals surface area (Å²) in [6.07, 6.45) is 14.9. The van der Waals surface area contributed by atoms with Crippen LogP contribution in [0.25, 0.3) is 66.9 Å². The second-order valence-corrected chi connectivity index (χ2v) is 13.6. The molecule has 8 aromatic rings. The minimum atomic E-state index is 0.203. The molecule has 0 aliphatic heterocycles. The molecule has 0 amide bonds. The van der Waals surface area contributed by atoms with Crippen LogP contribution in [0.2, 0.25) is 0 Å². The van der Waals surface area contributed by atoms with E-state index in [4.69, 9.17) is 0 Å². The Labute approximate surface area is 292 Å². The number of allylic oxidation sites excluding steroid dienone is 5. The number of hydrogen-bond donors (Lipinski definition) is 0. The fourth-order valence-corrected chi connectivity index (χ4v) is 8.37. The lowest BCUT2D eigenvalue weighted by Crippen LogP contribution is -2.11. The van der Waals surface area contributed by atoms with Gasteiger partial charge in [-0.15, -0.1) is 0 Å². The second-order valence-electron chi connectivity index (χ2n) is 13.6. The smallest absolute Gasteiger partial charge is 0.0541 e. The van der Waals surface area contributed by atoms with Gasteiger partial charge in [-0.25, -0.2) is 0 Å². The number of nitrogens with zero attached hydrogens (tertiary/aromatic N) is 2. The summed E-state index contributed by atoms with van der Waals surface area (Å²) in [5, 5.41) is 3.89. The average molecular weight is 641 g/mol. The molecule has 2 heteroatoms. The van der Waals surface area contributed by atoms with Gasteiger partial charge in [-0.3, -0.25) is 0 Å². The summed E-state index contributed by atoms with van der Waals surface area (Å²) in [6.45, 7) is 0. The van der Waals surface area contributed by atoms with Crippen molar-refractivity contribution in [1.29, 1.82) is 0 Å². The van der Waals surface area contributed by atoms with Gasteiger partial charge in [0.05, 0.1) is 16.6 Å². The van der Waals surface area contributed by atoms with Crippen molar-refractivity contribution in [2.45, 2.75) is 25.2 Å². The van der Waals surface area contributed by atoms with Gasteiger partial charge in [0.2, 0.25) is 0 Å². The largest absolute Gasteiger partial charge is 0.312 e. The van der Waals surface area contributed by atoms with E-state index < -0.39 is 0 Å². The summed E-state index contributed by atoms with van der Waals surface area (Å²) in [5.74, 6) is 0.203. The lowest BCUT2D eigenvalue weighted by molar-refractivity contribution is 0.765. The summed E-state index contributed by atoms with van der Waals surface area (Å²) in [6, 6.07) is 53.7. The van der Waals surface area contributed by atoms with Crippen LogP contribution in [0.3, 0.4) is 0 Å². The second kappa shape index (κ2) is 11.8. The highest BCUT2D eigenvalue weighted by atomic mass is 15.0.